The van der Waals surface area contributed by atoms with Crippen LogP contribution in [0.2, 0.25) is 0 Å². The highest BCUT2D eigenvalue weighted by atomic mass is 32.1. The Kier molecular flexibility index (Phi) is 12.6. The van der Waals surface area contributed by atoms with Gasteiger partial charge in [0, 0.05) is 5.75 Å². The molecule has 0 saturated heterocycles. The summed E-state index contributed by atoms with van der Waals surface area (Å²) in [5.41, 5.74) is 16.2. The fourth-order valence-corrected chi connectivity index (χ4v) is 2.34. The lowest BCUT2D eigenvalue weighted by Gasteiger charge is -2.22. The number of carboxylic acid groups (broad SMARTS) is 1. The number of thiol groups is 1. The van der Waals surface area contributed by atoms with E-state index < -0.39 is 60.7 Å². The fourth-order valence-electron chi connectivity index (χ4n) is 2.08. The Labute approximate surface area is 167 Å². The predicted octanol–water partition coefficient (Wildman–Crippen LogP) is -3.58. The summed E-state index contributed by atoms with van der Waals surface area (Å²) in [6, 6.07) is -3.44. The van der Waals surface area contributed by atoms with Crippen molar-refractivity contribution in [3.63, 3.8) is 0 Å². The number of nitrogens with one attached hydrogen (secondary N) is 3. The maximum absolute atomic E-state index is 12.4. The van der Waals surface area contributed by atoms with Gasteiger partial charge >= 0.3 is 5.97 Å². The van der Waals surface area contributed by atoms with Crippen LogP contribution in [0.3, 0.4) is 0 Å². The van der Waals surface area contributed by atoms with Crippen molar-refractivity contribution in [3.8, 4) is 0 Å². The fraction of sp³-hybridized carbons (Fsp3) is 0.667. The van der Waals surface area contributed by atoms with Crippen molar-refractivity contribution in [2.75, 3.05) is 18.8 Å². The molecule has 0 aliphatic carbocycles. The molecule has 3 unspecified atom stereocenters. The minimum atomic E-state index is -1.35. The van der Waals surface area contributed by atoms with Crippen molar-refractivity contribution in [2.45, 2.75) is 43.8 Å². The number of hydrogen-bond acceptors (Lipinski definition) is 8. The molecule has 0 aliphatic heterocycles. The average Bonchev–Trinajstić information content (AvgIpc) is 2.62. The minimum absolute atomic E-state index is 0.146. The lowest BCUT2D eigenvalue weighted by Crippen LogP contribution is -2.57. The third-order valence-corrected chi connectivity index (χ3v) is 3.94. The summed E-state index contributed by atoms with van der Waals surface area (Å²) in [6.45, 7) is -0.186. The summed E-state index contributed by atoms with van der Waals surface area (Å²) in [5, 5.41) is 15.3. The number of primary amides is 1. The molecular formula is C15H28N6O6S. The van der Waals surface area contributed by atoms with Gasteiger partial charge in [0.25, 0.3) is 0 Å². The molecule has 12 nitrogen and oxygen atoms in total. The van der Waals surface area contributed by atoms with Crippen LogP contribution in [-0.2, 0) is 24.0 Å². The summed E-state index contributed by atoms with van der Waals surface area (Å²) in [5.74, 6) is -4.56. The highest BCUT2D eigenvalue weighted by molar-refractivity contribution is 7.80. The maximum atomic E-state index is 12.4. The molecule has 0 rings (SSSR count). The second-order valence-electron chi connectivity index (χ2n) is 5.98. The second-order valence-corrected chi connectivity index (χ2v) is 6.34. The molecular weight excluding hydrogens is 392 g/mol. The van der Waals surface area contributed by atoms with Crippen LogP contribution in [0, 0.1) is 0 Å². The molecule has 28 heavy (non-hydrogen) atoms. The quantitative estimate of drug-likeness (QED) is 0.103. The normalized spacial score (nSPS) is 13.7. The van der Waals surface area contributed by atoms with E-state index in [1.165, 1.54) is 0 Å². The molecule has 13 heteroatoms. The van der Waals surface area contributed by atoms with E-state index in [2.05, 4.69) is 28.6 Å². The highest BCUT2D eigenvalue weighted by Crippen LogP contribution is 2.01. The molecule has 4 amide bonds. The van der Waals surface area contributed by atoms with E-state index in [-0.39, 0.29) is 5.75 Å². The van der Waals surface area contributed by atoms with Crippen molar-refractivity contribution in [1.29, 1.82) is 0 Å². The van der Waals surface area contributed by atoms with E-state index in [4.69, 9.17) is 22.3 Å². The summed E-state index contributed by atoms with van der Waals surface area (Å²) in [4.78, 5) is 58.2. The Morgan fingerprint density at radius 1 is 0.964 bits per heavy atom. The van der Waals surface area contributed by atoms with Gasteiger partial charge in [-0.15, -0.1) is 0 Å². The first-order valence-electron chi connectivity index (χ1n) is 8.57. The number of rotatable bonds is 14. The first kappa shape index (κ1) is 25.6. The first-order chi connectivity index (χ1) is 13.1. The van der Waals surface area contributed by atoms with Gasteiger partial charge < -0.3 is 38.3 Å². The van der Waals surface area contributed by atoms with Gasteiger partial charge in [-0.25, -0.2) is 0 Å². The summed E-state index contributed by atoms with van der Waals surface area (Å²) < 4.78 is 0. The number of amides is 4. The SMILES string of the molecule is NCCCCC(N)C(=O)NC(CC(N)=O)C(=O)NC(CS)C(=O)NCC(=O)O. The zero-order valence-electron chi connectivity index (χ0n) is 15.3. The molecule has 3 atom stereocenters. The van der Waals surface area contributed by atoms with E-state index in [0.29, 0.717) is 25.8 Å². The number of aliphatic carboxylic acids is 1. The van der Waals surface area contributed by atoms with Gasteiger partial charge in [-0.1, -0.05) is 6.42 Å². The summed E-state index contributed by atoms with van der Waals surface area (Å²) in [7, 11) is 0. The van der Waals surface area contributed by atoms with Crippen LogP contribution in [-0.4, -0.2) is 71.7 Å². The van der Waals surface area contributed by atoms with Crippen molar-refractivity contribution in [3.05, 3.63) is 0 Å². The Morgan fingerprint density at radius 3 is 2.07 bits per heavy atom. The maximum Gasteiger partial charge on any atom is 0.322 e. The smallest absolute Gasteiger partial charge is 0.322 e. The zero-order valence-corrected chi connectivity index (χ0v) is 16.2. The molecule has 0 fully saturated rings. The third kappa shape index (κ3) is 10.7. The van der Waals surface area contributed by atoms with Gasteiger partial charge in [0.1, 0.15) is 18.6 Å². The van der Waals surface area contributed by atoms with E-state index in [9.17, 15) is 24.0 Å². The van der Waals surface area contributed by atoms with Gasteiger partial charge in [-0.05, 0) is 19.4 Å². The Balaban J connectivity index is 4.94. The lowest BCUT2D eigenvalue weighted by molar-refractivity contribution is -0.138. The molecule has 0 spiro atoms. The van der Waals surface area contributed by atoms with Gasteiger partial charge in [0.15, 0.2) is 0 Å². The van der Waals surface area contributed by atoms with Crippen molar-refractivity contribution < 1.29 is 29.1 Å². The molecule has 0 aromatic heterocycles. The molecule has 160 valence electrons. The van der Waals surface area contributed by atoms with E-state index in [0.717, 1.165) is 0 Å². The minimum Gasteiger partial charge on any atom is -0.480 e. The Bertz CT molecular complexity index is 575. The van der Waals surface area contributed by atoms with Crippen LogP contribution in [0.5, 0.6) is 0 Å². The van der Waals surface area contributed by atoms with Crippen LogP contribution in [0.1, 0.15) is 25.7 Å². The lowest BCUT2D eigenvalue weighted by atomic mass is 10.1. The molecule has 0 aromatic carbocycles. The molecule has 0 heterocycles. The standard InChI is InChI=1S/C15H28N6O6S/c16-4-2-1-3-8(17)13(25)20-9(5-11(18)22)15(27)21-10(7-28)14(26)19-6-12(23)24/h8-10,28H,1-7,16-17H2,(H2,18,22)(H,19,26)(H,20,25)(H,21,27)(H,23,24). The highest BCUT2D eigenvalue weighted by Gasteiger charge is 2.28. The summed E-state index contributed by atoms with van der Waals surface area (Å²) >= 11 is 3.93. The van der Waals surface area contributed by atoms with Crippen LogP contribution in [0.15, 0.2) is 0 Å². The molecule has 10 N–H and O–H groups in total. The molecule has 0 saturated carbocycles. The molecule has 0 aromatic rings. The number of nitrogens with two attached hydrogens (primary N) is 3. The number of unbranched alkanes of at least 4 members (excludes halogenated alkanes) is 1. The van der Waals surface area contributed by atoms with E-state index in [1.807, 2.05) is 0 Å². The van der Waals surface area contributed by atoms with Crippen LogP contribution < -0.4 is 33.2 Å². The number of carbonyl (C=O) groups excluding carboxylic acids is 4. The summed E-state index contributed by atoms with van der Waals surface area (Å²) in [6.07, 6.45) is 1.12. The second kappa shape index (κ2) is 13.7. The van der Waals surface area contributed by atoms with Crippen LogP contribution in [0.4, 0.5) is 0 Å². The predicted molar refractivity (Wildman–Crippen MR) is 103 cm³/mol. The third-order valence-electron chi connectivity index (χ3n) is 3.57. The van der Waals surface area contributed by atoms with E-state index in [1.54, 1.807) is 0 Å². The Morgan fingerprint density at radius 2 is 1.57 bits per heavy atom. The molecule has 0 bridgehead atoms. The van der Waals surface area contributed by atoms with Crippen molar-refractivity contribution >= 4 is 42.2 Å². The number of carboxylic acids is 1. The van der Waals surface area contributed by atoms with Crippen molar-refractivity contribution in [1.82, 2.24) is 16.0 Å². The van der Waals surface area contributed by atoms with Crippen LogP contribution >= 0.6 is 12.6 Å². The van der Waals surface area contributed by atoms with Gasteiger partial charge in [0.05, 0.1) is 12.5 Å². The zero-order chi connectivity index (χ0) is 21.7. The largest absolute Gasteiger partial charge is 0.480 e. The monoisotopic (exact) mass is 420 g/mol. The van der Waals surface area contributed by atoms with Crippen LogP contribution in [0.25, 0.3) is 0 Å². The first-order valence-corrected chi connectivity index (χ1v) is 9.20. The number of hydrogen-bond donors (Lipinski definition) is 8. The van der Waals surface area contributed by atoms with Gasteiger partial charge in [-0.2, -0.15) is 12.6 Å². The van der Waals surface area contributed by atoms with E-state index >= 15 is 0 Å². The van der Waals surface area contributed by atoms with Gasteiger partial charge in [-0.3, -0.25) is 24.0 Å². The van der Waals surface area contributed by atoms with Crippen molar-refractivity contribution in [2.24, 2.45) is 17.2 Å². The Hall–Kier alpha value is -2.38. The molecule has 0 aliphatic rings. The topological polar surface area (TPSA) is 220 Å². The number of carbonyl (C=O) groups is 5. The average molecular weight is 420 g/mol. The van der Waals surface area contributed by atoms with Gasteiger partial charge in [0.2, 0.25) is 23.6 Å². The molecule has 0 radical (unpaired) electrons.